The predicted octanol–water partition coefficient (Wildman–Crippen LogP) is 7.54. The Hall–Kier alpha value is -0.870. The number of aliphatic hydroxyl groups is 1. The van der Waals surface area contributed by atoms with Gasteiger partial charge in [-0.25, -0.2) is 0 Å². The van der Waals surface area contributed by atoms with Crippen LogP contribution in [-0.2, 0) is 9.53 Å². The quantitative estimate of drug-likeness (QED) is 0.262. The number of allylic oxidation sites excluding steroid dienone is 1. The lowest BCUT2D eigenvalue weighted by molar-refractivity contribution is -0.153. The molecule has 216 valence electrons. The first-order chi connectivity index (χ1) is 18.0. The van der Waals surface area contributed by atoms with Gasteiger partial charge in [0.25, 0.3) is 0 Å². The van der Waals surface area contributed by atoms with Gasteiger partial charge >= 0.3 is 5.97 Å². The molecule has 0 unspecified atom stereocenters. The largest absolute Gasteiger partial charge is 0.461 e. The third-order valence-electron chi connectivity index (χ3n) is 12.4. The van der Waals surface area contributed by atoms with Crippen LogP contribution in [0, 0.1) is 40.4 Å². The van der Waals surface area contributed by atoms with E-state index in [0.717, 1.165) is 68.4 Å². The zero-order valence-corrected chi connectivity index (χ0v) is 25.3. The van der Waals surface area contributed by atoms with Gasteiger partial charge in [0.05, 0.1) is 12.1 Å². The van der Waals surface area contributed by atoms with Gasteiger partial charge in [-0.15, -0.1) is 0 Å². The van der Waals surface area contributed by atoms with Crippen molar-refractivity contribution in [2.45, 2.75) is 136 Å². The molecule has 5 rings (SSSR count). The molecule has 0 bridgehead atoms. The van der Waals surface area contributed by atoms with Crippen LogP contribution in [0.15, 0.2) is 11.6 Å². The minimum absolute atomic E-state index is 0.00288. The number of ether oxygens (including phenoxy) is 1. The number of hydrogen-bond donors (Lipinski definition) is 1. The molecule has 0 amide bonds. The fraction of sp³-hybridized carbons (Fsp3) is 0.912. The van der Waals surface area contributed by atoms with E-state index < -0.39 is 5.60 Å². The zero-order chi connectivity index (χ0) is 27.1. The Bertz CT molecular complexity index is 869. The lowest BCUT2D eigenvalue weighted by Gasteiger charge is -2.58. The van der Waals surface area contributed by atoms with E-state index in [2.05, 4.69) is 31.7 Å². The highest BCUT2D eigenvalue weighted by molar-refractivity contribution is 5.72. The number of piperidine rings is 1. The standard InChI is InChI=1S/C34H57NO3/c1-24(10-9-17-32(2,3)37)28-13-14-29-27-12-11-25-22-26(38-31(36)23-35-20-7-6-8-21-35)15-18-33(25,4)30(27)16-19-34(28,29)5/h11,24,26-30,37H,6-10,12-23H2,1-5H3/t24-,26+,27+,28-,29+,30+,33+,34-/m1/s1. The normalized spacial score (nSPS) is 40.5. The Kier molecular flexibility index (Phi) is 8.44. The summed E-state index contributed by atoms with van der Waals surface area (Å²) < 4.78 is 6.07. The third kappa shape index (κ3) is 5.78. The summed E-state index contributed by atoms with van der Waals surface area (Å²) in [6.45, 7) is 14.2. The molecule has 4 heteroatoms. The second-order valence-electron chi connectivity index (χ2n) is 15.4. The van der Waals surface area contributed by atoms with Gasteiger partial charge in [-0.1, -0.05) is 51.7 Å². The first-order valence-corrected chi connectivity index (χ1v) is 16.3. The Morgan fingerprint density at radius 3 is 2.61 bits per heavy atom. The number of rotatable bonds is 8. The van der Waals surface area contributed by atoms with Crippen LogP contribution in [0.2, 0.25) is 0 Å². The van der Waals surface area contributed by atoms with E-state index in [1.54, 1.807) is 5.57 Å². The maximum absolute atomic E-state index is 12.7. The molecule has 0 aromatic rings. The van der Waals surface area contributed by atoms with Crippen LogP contribution in [0.1, 0.15) is 125 Å². The molecule has 0 spiro atoms. The Balaban J connectivity index is 1.20. The van der Waals surface area contributed by atoms with E-state index in [1.807, 2.05) is 13.8 Å². The van der Waals surface area contributed by atoms with Crippen LogP contribution in [0.4, 0.5) is 0 Å². The van der Waals surface area contributed by atoms with Gasteiger partial charge in [0.15, 0.2) is 0 Å². The highest BCUT2D eigenvalue weighted by Gasteiger charge is 2.59. The summed E-state index contributed by atoms with van der Waals surface area (Å²) in [5, 5.41) is 10.2. The van der Waals surface area contributed by atoms with Crippen LogP contribution in [-0.4, -0.2) is 47.3 Å². The molecule has 5 aliphatic rings. The van der Waals surface area contributed by atoms with Crippen LogP contribution in [0.3, 0.4) is 0 Å². The number of hydrogen-bond acceptors (Lipinski definition) is 4. The maximum Gasteiger partial charge on any atom is 0.320 e. The molecular formula is C34H57NO3. The summed E-state index contributed by atoms with van der Waals surface area (Å²) in [5.41, 5.74) is 1.86. The van der Waals surface area contributed by atoms with E-state index in [-0.39, 0.29) is 12.1 Å². The third-order valence-corrected chi connectivity index (χ3v) is 12.4. The highest BCUT2D eigenvalue weighted by atomic mass is 16.5. The number of carbonyl (C=O) groups is 1. The Morgan fingerprint density at radius 1 is 1.11 bits per heavy atom. The van der Waals surface area contributed by atoms with E-state index in [4.69, 9.17) is 4.74 Å². The number of fused-ring (bicyclic) bond motifs is 5. The topological polar surface area (TPSA) is 49.8 Å². The second kappa shape index (κ2) is 11.2. The van der Waals surface area contributed by atoms with Crippen LogP contribution < -0.4 is 0 Å². The average molecular weight is 528 g/mol. The Morgan fingerprint density at radius 2 is 1.87 bits per heavy atom. The molecule has 4 aliphatic carbocycles. The van der Waals surface area contributed by atoms with Crippen molar-refractivity contribution in [3.63, 3.8) is 0 Å². The van der Waals surface area contributed by atoms with Crippen LogP contribution in [0.25, 0.3) is 0 Å². The molecular weight excluding hydrogens is 470 g/mol. The molecule has 38 heavy (non-hydrogen) atoms. The molecule has 3 saturated carbocycles. The van der Waals surface area contributed by atoms with Crippen LogP contribution in [0.5, 0.6) is 0 Å². The zero-order valence-electron chi connectivity index (χ0n) is 25.3. The molecule has 1 heterocycles. The van der Waals surface area contributed by atoms with E-state index >= 15 is 0 Å². The van der Waals surface area contributed by atoms with E-state index in [9.17, 15) is 9.90 Å². The van der Waals surface area contributed by atoms with Gasteiger partial charge in [0, 0.05) is 6.42 Å². The van der Waals surface area contributed by atoms with Gasteiger partial charge in [0.1, 0.15) is 6.10 Å². The van der Waals surface area contributed by atoms with Crippen LogP contribution >= 0.6 is 0 Å². The molecule has 1 saturated heterocycles. The van der Waals surface area contributed by atoms with Gasteiger partial charge in [-0.05, 0) is 132 Å². The minimum atomic E-state index is -0.536. The molecule has 1 N–H and O–H groups in total. The van der Waals surface area contributed by atoms with Crippen molar-refractivity contribution in [2.24, 2.45) is 40.4 Å². The molecule has 0 aromatic carbocycles. The predicted molar refractivity (Wildman–Crippen MR) is 155 cm³/mol. The fourth-order valence-electron chi connectivity index (χ4n) is 10.3. The SMILES string of the molecule is C[C@H](CCCC(C)(C)O)[C@H]1CC[C@H]2[C@@H]3CC=C4C[C@@H](OC(=O)CN5CCCCC5)CC[C@]4(C)[C@H]3CC[C@]12C. The fourth-order valence-corrected chi connectivity index (χ4v) is 10.3. The van der Waals surface area contributed by atoms with E-state index in [0.29, 0.717) is 17.4 Å². The molecule has 0 radical (unpaired) electrons. The lowest BCUT2D eigenvalue weighted by Crippen LogP contribution is -2.51. The van der Waals surface area contributed by atoms with Crippen molar-refractivity contribution in [3.8, 4) is 0 Å². The van der Waals surface area contributed by atoms with Crippen molar-refractivity contribution in [1.29, 1.82) is 0 Å². The van der Waals surface area contributed by atoms with Gasteiger partial charge in [-0.3, -0.25) is 9.69 Å². The first kappa shape index (κ1) is 28.7. The van der Waals surface area contributed by atoms with Crippen molar-refractivity contribution in [2.75, 3.05) is 19.6 Å². The molecule has 1 aliphatic heterocycles. The lowest BCUT2D eigenvalue weighted by atomic mass is 9.47. The molecule has 4 fully saturated rings. The average Bonchev–Trinajstić information content (AvgIpc) is 3.21. The first-order valence-electron chi connectivity index (χ1n) is 16.3. The Labute approximate surface area is 233 Å². The second-order valence-corrected chi connectivity index (χ2v) is 15.4. The number of likely N-dealkylation sites (tertiary alicyclic amines) is 1. The van der Waals surface area contributed by atoms with Crippen molar-refractivity contribution in [3.05, 3.63) is 11.6 Å². The molecule has 0 aromatic heterocycles. The van der Waals surface area contributed by atoms with Gasteiger partial charge in [0.2, 0.25) is 0 Å². The number of nitrogens with zero attached hydrogens (tertiary/aromatic N) is 1. The van der Waals surface area contributed by atoms with Gasteiger partial charge in [-0.2, -0.15) is 0 Å². The summed E-state index contributed by atoms with van der Waals surface area (Å²) in [4.78, 5) is 15.0. The van der Waals surface area contributed by atoms with Crippen molar-refractivity contribution in [1.82, 2.24) is 4.90 Å². The maximum atomic E-state index is 12.7. The number of carbonyl (C=O) groups excluding carboxylic acids is 1. The summed E-state index contributed by atoms with van der Waals surface area (Å²) in [6, 6.07) is 0. The summed E-state index contributed by atoms with van der Waals surface area (Å²) >= 11 is 0. The monoisotopic (exact) mass is 527 g/mol. The summed E-state index contributed by atoms with van der Waals surface area (Å²) in [7, 11) is 0. The molecule has 8 atom stereocenters. The van der Waals surface area contributed by atoms with Crippen molar-refractivity contribution >= 4 is 5.97 Å². The summed E-state index contributed by atoms with van der Waals surface area (Å²) in [5.74, 6) is 4.08. The smallest absolute Gasteiger partial charge is 0.320 e. The van der Waals surface area contributed by atoms with E-state index in [1.165, 1.54) is 64.2 Å². The number of esters is 1. The van der Waals surface area contributed by atoms with Crippen molar-refractivity contribution < 1.29 is 14.6 Å². The highest BCUT2D eigenvalue weighted by Crippen LogP contribution is 2.67. The summed E-state index contributed by atoms with van der Waals surface area (Å²) in [6.07, 6.45) is 19.7. The molecule has 4 nitrogen and oxygen atoms in total. The van der Waals surface area contributed by atoms with Gasteiger partial charge < -0.3 is 9.84 Å². The minimum Gasteiger partial charge on any atom is -0.461 e.